The van der Waals surface area contributed by atoms with Gasteiger partial charge in [-0.1, -0.05) is 5.16 Å². The van der Waals surface area contributed by atoms with E-state index in [0.717, 1.165) is 35.7 Å². The summed E-state index contributed by atoms with van der Waals surface area (Å²) in [6, 6.07) is 6.20. The molecule has 0 radical (unpaired) electrons. The van der Waals surface area contributed by atoms with Crippen molar-refractivity contribution in [2.75, 3.05) is 13.2 Å². The van der Waals surface area contributed by atoms with Crippen molar-refractivity contribution in [2.45, 2.75) is 26.2 Å². The van der Waals surface area contributed by atoms with E-state index in [1.54, 1.807) is 16.8 Å². The summed E-state index contributed by atoms with van der Waals surface area (Å²) in [5, 5.41) is 8.63. The SMILES string of the molecule is Cc1nn(-c2ccc(F)cc2)c(C)c1-c1nc([C@H]2CCOC2)no1. The van der Waals surface area contributed by atoms with Crippen LogP contribution in [0, 0.1) is 19.7 Å². The number of benzene rings is 1. The van der Waals surface area contributed by atoms with Crippen LogP contribution in [0.15, 0.2) is 28.8 Å². The first-order valence-corrected chi connectivity index (χ1v) is 7.87. The first-order chi connectivity index (χ1) is 11.6. The van der Waals surface area contributed by atoms with Crippen LogP contribution in [0.2, 0.25) is 0 Å². The molecule has 24 heavy (non-hydrogen) atoms. The molecule has 0 amide bonds. The molecule has 0 aliphatic carbocycles. The van der Waals surface area contributed by atoms with Crippen LogP contribution in [-0.4, -0.2) is 33.1 Å². The summed E-state index contributed by atoms with van der Waals surface area (Å²) >= 11 is 0. The lowest BCUT2D eigenvalue weighted by Crippen LogP contribution is -2.00. The van der Waals surface area contributed by atoms with Crippen LogP contribution in [-0.2, 0) is 4.74 Å². The Morgan fingerprint density at radius 3 is 2.71 bits per heavy atom. The number of hydrogen-bond donors (Lipinski definition) is 0. The van der Waals surface area contributed by atoms with Crippen LogP contribution >= 0.6 is 0 Å². The van der Waals surface area contributed by atoms with Gasteiger partial charge in [0.1, 0.15) is 5.82 Å². The van der Waals surface area contributed by atoms with Crippen molar-refractivity contribution in [3.05, 3.63) is 47.3 Å². The highest BCUT2D eigenvalue weighted by molar-refractivity contribution is 5.61. The van der Waals surface area contributed by atoms with E-state index in [-0.39, 0.29) is 11.7 Å². The number of halogens is 1. The lowest BCUT2D eigenvalue weighted by Gasteiger charge is -2.04. The number of ether oxygens (including phenoxy) is 1. The van der Waals surface area contributed by atoms with Gasteiger partial charge in [-0.05, 0) is 44.5 Å². The molecular weight excluding hydrogens is 311 g/mol. The molecule has 2 aromatic heterocycles. The molecule has 0 bridgehead atoms. The van der Waals surface area contributed by atoms with Gasteiger partial charge in [-0.2, -0.15) is 10.1 Å². The largest absolute Gasteiger partial charge is 0.381 e. The van der Waals surface area contributed by atoms with Gasteiger partial charge in [0.05, 0.1) is 29.2 Å². The molecule has 1 aliphatic rings. The van der Waals surface area contributed by atoms with Crippen molar-refractivity contribution in [1.29, 1.82) is 0 Å². The maximum Gasteiger partial charge on any atom is 0.261 e. The number of rotatable bonds is 3. The molecule has 7 heteroatoms. The van der Waals surface area contributed by atoms with Gasteiger partial charge >= 0.3 is 0 Å². The molecule has 0 spiro atoms. The van der Waals surface area contributed by atoms with Gasteiger partial charge in [0, 0.05) is 12.5 Å². The number of aromatic nitrogens is 4. The maximum atomic E-state index is 13.1. The van der Waals surface area contributed by atoms with Crippen molar-refractivity contribution in [2.24, 2.45) is 0 Å². The molecule has 1 aromatic carbocycles. The second kappa shape index (κ2) is 5.83. The fraction of sp³-hybridized carbons (Fsp3) is 0.353. The normalized spacial score (nSPS) is 17.5. The Morgan fingerprint density at radius 1 is 1.21 bits per heavy atom. The zero-order chi connectivity index (χ0) is 16.7. The number of aryl methyl sites for hydroxylation is 1. The molecular formula is C17H17FN4O2. The van der Waals surface area contributed by atoms with Crippen LogP contribution in [0.4, 0.5) is 4.39 Å². The Bertz CT molecular complexity index is 863. The molecule has 0 unspecified atom stereocenters. The zero-order valence-corrected chi connectivity index (χ0v) is 13.5. The molecule has 0 N–H and O–H groups in total. The number of nitrogens with zero attached hydrogens (tertiary/aromatic N) is 4. The summed E-state index contributed by atoms with van der Waals surface area (Å²) < 4.78 is 25.7. The van der Waals surface area contributed by atoms with Crippen LogP contribution in [0.3, 0.4) is 0 Å². The first kappa shape index (κ1) is 15.0. The standard InChI is InChI=1S/C17H17FN4O2/c1-10-15(17-19-16(21-24-17)12-7-8-23-9-12)11(2)22(20-10)14-5-3-13(18)4-6-14/h3-6,12H,7-9H2,1-2H3/t12-/m0/s1. The third-order valence-electron chi connectivity index (χ3n) is 4.31. The van der Waals surface area contributed by atoms with Crippen molar-refractivity contribution < 1.29 is 13.7 Å². The van der Waals surface area contributed by atoms with Crippen molar-refractivity contribution in [3.63, 3.8) is 0 Å². The molecule has 3 aromatic rings. The minimum absolute atomic E-state index is 0.190. The Balaban J connectivity index is 1.72. The van der Waals surface area contributed by atoms with Gasteiger partial charge in [0.15, 0.2) is 5.82 Å². The average Bonchev–Trinajstić information content (AvgIpc) is 3.28. The van der Waals surface area contributed by atoms with E-state index in [2.05, 4.69) is 15.2 Å². The van der Waals surface area contributed by atoms with Crippen LogP contribution < -0.4 is 0 Å². The molecule has 1 aliphatic heterocycles. The lowest BCUT2D eigenvalue weighted by atomic mass is 10.1. The van der Waals surface area contributed by atoms with E-state index < -0.39 is 0 Å². The van der Waals surface area contributed by atoms with Crippen LogP contribution in [0.5, 0.6) is 0 Å². The summed E-state index contributed by atoms with van der Waals surface area (Å²) in [6.45, 7) is 5.19. The fourth-order valence-electron chi connectivity index (χ4n) is 3.03. The molecule has 0 saturated carbocycles. The Kier molecular flexibility index (Phi) is 3.65. The second-order valence-electron chi connectivity index (χ2n) is 5.95. The molecule has 1 saturated heterocycles. The molecule has 6 nitrogen and oxygen atoms in total. The minimum Gasteiger partial charge on any atom is -0.381 e. The molecule has 4 rings (SSSR count). The third-order valence-corrected chi connectivity index (χ3v) is 4.31. The fourth-order valence-corrected chi connectivity index (χ4v) is 3.03. The summed E-state index contributed by atoms with van der Waals surface area (Å²) in [4.78, 5) is 4.53. The molecule has 124 valence electrons. The maximum absolute atomic E-state index is 13.1. The summed E-state index contributed by atoms with van der Waals surface area (Å²) in [6.07, 6.45) is 0.909. The van der Waals surface area contributed by atoms with E-state index in [1.165, 1.54) is 12.1 Å². The Labute approximate surface area is 138 Å². The second-order valence-corrected chi connectivity index (χ2v) is 5.95. The Hall–Kier alpha value is -2.54. The summed E-state index contributed by atoms with van der Waals surface area (Å²) in [7, 11) is 0. The average molecular weight is 328 g/mol. The van der Waals surface area contributed by atoms with E-state index in [1.807, 2.05) is 13.8 Å². The molecule has 1 atom stereocenters. The molecule has 1 fully saturated rings. The predicted octanol–water partition coefficient (Wildman–Crippen LogP) is 3.18. The van der Waals surface area contributed by atoms with Gasteiger partial charge in [0.25, 0.3) is 5.89 Å². The van der Waals surface area contributed by atoms with Gasteiger partial charge in [0.2, 0.25) is 0 Å². The smallest absolute Gasteiger partial charge is 0.261 e. The monoisotopic (exact) mass is 328 g/mol. The number of hydrogen-bond acceptors (Lipinski definition) is 5. The first-order valence-electron chi connectivity index (χ1n) is 7.87. The van der Waals surface area contributed by atoms with Crippen LogP contribution in [0.25, 0.3) is 17.1 Å². The van der Waals surface area contributed by atoms with E-state index in [0.29, 0.717) is 18.3 Å². The predicted molar refractivity (Wildman–Crippen MR) is 84.5 cm³/mol. The van der Waals surface area contributed by atoms with Crippen molar-refractivity contribution in [1.82, 2.24) is 19.9 Å². The quantitative estimate of drug-likeness (QED) is 0.739. The van der Waals surface area contributed by atoms with Gasteiger partial charge in [-0.15, -0.1) is 0 Å². The summed E-state index contributed by atoms with van der Waals surface area (Å²) in [5.41, 5.74) is 3.26. The van der Waals surface area contributed by atoms with E-state index in [9.17, 15) is 4.39 Å². The third kappa shape index (κ3) is 2.50. The van der Waals surface area contributed by atoms with Crippen molar-refractivity contribution >= 4 is 0 Å². The van der Waals surface area contributed by atoms with Gasteiger partial charge < -0.3 is 9.26 Å². The topological polar surface area (TPSA) is 66.0 Å². The van der Waals surface area contributed by atoms with Gasteiger partial charge in [-0.3, -0.25) is 0 Å². The molecule has 3 heterocycles. The highest BCUT2D eigenvalue weighted by atomic mass is 19.1. The minimum atomic E-state index is -0.277. The Morgan fingerprint density at radius 2 is 2.00 bits per heavy atom. The van der Waals surface area contributed by atoms with E-state index in [4.69, 9.17) is 9.26 Å². The van der Waals surface area contributed by atoms with Crippen molar-refractivity contribution in [3.8, 4) is 17.1 Å². The lowest BCUT2D eigenvalue weighted by molar-refractivity contribution is 0.192. The van der Waals surface area contributed by atoms with E-state index >= 15 is 0 Å². The summed E-state index contributed by atoms with van der Waals surface area (Å²) in [5.74, 6) is 1.05. The highest BCUT2D eigenvalue weighted by Crippen LogP contribution is 2.30. The highest BCUT2D eigenvalue weighted by Gasteiger charge is 2.26. The zero-order valence-electron chi connectivity index (χ0n) is 13.5. The van der Waals surface area contributed by atoms with Gasteiger partial charge in [-0.25, -0.2) is 9.07 Å². The van der Waals surface area contributed by atoms with Crippen LogP contribution in [0.1, 0.15) is 29.6 Å².